The average molecular weight is 299 g/mol. The van der Waals surface area contributed by atoms with Gasteiger partial charge in [0.1, 0.15) is 5.75 Å². The highest BCUT2D eigenvalue weighted by Gasteiger charge is 2.33. The van der Waals surface area contributed by atoms with Gasteiger partial charge in [0.2, 0.25) is 0 Å². The largest absolute Gasteiger partial charge is 0.452 e. The molecule has 0 saturated heterocycles. The summed E-state index contributed by atoms with van der Waals surface area (Å²) >= 11 is 0. The van der Waals surface area contributed by atoms with Crippen LogP contribution in [0.2, 0.25) is 0 Å². The molecule has 0 heterocycles. The summed E-state index contributed by atoms with van der Waals surface area (Å²) < 4.78 is 33.8. The van der Waals surface area contributed by atoms with Crippen molar-refractivity contribution in [2.75, 3.05) is 5.32 Å². The minimum Gasteiger partial charge on any atom is -0.452 e. The fourth-order valence-electron chi connectivity index (χ4n) is 1.65. The van der Waals surface area contributed by atoms with Crippen LogP contribution in [0.1, 0.15) is 19.8 Å². The van der Waals surface area contributed by atoms with Crippen LogP contribution in [-0.4, -0.2) is 24.6 Å². The predicted octanol–water partition coefficient (Wildman–Crippen LogP) is 2.57. The number of benzene rings is 1. The van der Waals surface area contributed by atoms with E-state index in [9.17, 15) is 18.4 Å². The molecule has 0 bridgehead atoms. The quantitative estimate of drug-likeness (QED) is 0.820. The van der Waals surface area contributed by atoms with Gasteiger partial charge in [-0.05, 0) is 31.9 Å². The van der Waals surface area contributed by atoms with E-state index in [0.717, 1.165) is 12.8 Å². The molecule has 5 nitrogen and oxygen atoms in total. The summed E-state index contributed by atoms with van der Waals surface area (Å²) in [7, 11) is 0. The molecule has 1 unspecified atom stereocenters. The first-order chi connectivity index (χ1) is 9.97. The van der Waals surface area contributed by atoms with Crippen molar-refractivity contribution in [3.8, 4) is 5.75 Å². The zero-order valence-electron chi connectivity index (χ0n) is 11.3. The monoisotopic (exact) mass is 299 g/mol. The summed E-state index contributed by atoms with van der Waals surface area (Å²) in [4.78, 5) is 23.4. The first-order valence-corrected chi connectivity index (χ1v) is 6.52. The molecular weight excluding hydrogens is 284 g/mol. The van der Waals surface area contributed by atoms with Crippen molar-refractivity contribution in [1.82, 2.24) is 0 Å². The van der Waals surface area contributed by atoms with Crippen LogP contribution in [0.3, 0.4) is 0 Å². The van der Waals surface area contributed by atoms with Gasteiger partial charge >= 0.3 is 12.6 Å². The molecule has 0 radical (unpaired) electrons. The van der Waals surface area contributed by atoms with E-state index in [2.05, 4.69) is 10.1 Å². The summed E-state index contributed by atoms with van der Waals surface area (Å²) in [6.45, 7) is -1.57. The molecule has 21 heavy (non-hydrogen) atoms. The molecule has 1 fully saturated rings. The van der Waals surface area contributed by atoms with Crippen molar-refractivity contribution in [2.45, 2.75) is 32.5 Å². The van der Waals surface area contributed by atoms with Crippen molar-refractivity contribution in [3.63, 3.8) is 0 Å². The molecule has 0 aromatic heterocycles. The average Bonchev–Trinajstić information content (AvgIpc) is 3.24. The zero-order valence-corrected chi connectivity index (χ0v) is 11.3. The first-order valence-electron chi connectivity index (χ1n) is 6.52. The lowest BCUT2D eigenvalue weighted by molar-refractivity contribution is -0.154. The van der Waals surface area contributed by atoms with E-state index >= 15 is 0 Å². The molecule has 1 N–H and O–H groups in total. The Bertz CT molecular complexity index is 531. The Morgan fingerprint density at radius 2 is 1.95 bits per heavy atom. The molecule has 1 aliphatic rings. The van der Waals surface area contributed by atoms with E-state index in [0.29, 0.717) is 0 Å². The predicted molar refractivity (Wildman–Crippen MR) is 70.0 cm³/mol. The molecule has 0 aliphatic heterocycles. The minimum atomic E-state index is -2.99. The molecule has 1 aromatic rings. The Morgan fingerprint density at radius 3 is 2.57 bits per heavy atom. The Morgan fingerprint density at radius 1 is 1.29 bits per heavy atom. The molecule has 1 aliphatic carbocycles. The Labute approximate surface area is 120 Å². The lowest BCUT2D eigenvalue weighted by atomic mass is 10.2. The molecule has 2 rings (SSSR count). The van der Waals surface area contributed by atoms with Crippen LogP contribution in [0.4, 0.5) is 14.5 Å². The summed E-state index contributed by atoms with van der Waals surface area (Å²) in [5, 5.41) is 2.41. The Balaban J connectivity index is 1.96. The number of alkyl halides is 2. The van der Waals surface area contributed by atoms with E-state index in [1.165, 1.54) is 25.1 Å². The van der Waals surface area contributed by atoms with Gasteiger partial charge in [0.05, 0.1) is 11.6 Å². The highest BCUT2D eigenvalue weighted by Crippen LogP contribution is 2.31. The molecule has 7 heteroatoms. The lowest BCUT2D eigenvalue weighted by Gasteiger charge is -2.15. The second kappa shape index (κ2) is 6.51. The van der Waals surface area contributed by atoms with Crippen molar-refractivity contribution >= 4 is 17.6 Å². The molecule has 1 atom stereocenters. The third kappa shape index (κ3) is 4.40. The number of carbonyl (C=O) groups is 2. The Kier molecular flexibility index (Phi) is 4.72. The maximum atomic E-state index is 12.3. The highest BCUT2D eigenvalue weighted by molar-refractivity contribution is 5.96. The smallest absolute Gasteiger partial charge is 0.387 e. The third-order valence-corrected chi connectivity index (χ3v) is 2.93. The maximum Gasteiger partial charge on any atom is 0.387 e. The van der Waals surface area contributed by atoms with Crippen LogP contribution in [0.25, 0.3) is 0 Å². The lowest BCUT2D eigenvalue weighted by Crippen LogP contribution is -2.30. The topological polar surface area (TPSA) is 64.6 Å². The van der Waals surface area contributed by atoms with Gasteiger partial charge in [0.15, 0.2) is 6.10 Å². The van der Waals surface area contributed by atoms with E-state index < -0.39 is 24.6 Å². The zero-order chi connectivity index (χ0) is 15.4. The van der Waals surface area contributed by atoms with Crippen molar-refractivity contribution < 1.29 is 27.8 Å². The van der Waals surface area contributed by atoms with Gasteiger partial charge < -0.3 is 14.8 Å². The number of ether oxygens (including phenoxy) is 2. The van der Waals surface area contributed by atoms with Gasteiger partial charge in [-0.25, -0.2) is 0 Å². The number of carbonyl (C=O) groups excluding carboxylic acids is 2. The SMILES string of the molecule is CC(OC(=O)C1CC1)C(=O)Nc1ccccc1OC(F)F. The van der Waals surface area contributed by atoms with E-state index in [4.69, 9.17) is 4.74 Å². The highest BCUT2D eigenvalue weighted by atomic mass is 19.3. The molecule has 1 saturated carbocycles. The fourth-order valence-corrected chi connectivity index (χ4v) is 1.65. The molecule has 1 aromatic carbocycles. The number of hydrogen-bond donors (Lipinski definition) is 1. The van der Waals surface area contributed by atoms with Crippen molar-refractivity contribution in [2.24, 2.45) is 5.92 Å². The summed E-state index contributed by atoms with van der Waals surface area (Å²) in [6, 6.07) is 5.80. The second-order valence-electron chi connectivity index (χ2n) is 4.72. The van der Waals surface area contributed by atoms with E-state index in [-0.39, 0.29) is 17.4 Å². The third-order valence-electron chi connectivity index (χ3n) is 2.93. The number of para-hydroxylation sites is 2. The van der Waals surface area contributed by atoms with E-state index in [1.807, 2.05) is 0 Å². The van der Waals surface area contributed by atoms with Gasteiger partial charge in [0.25, 0.3) is 5.91 Å². The number of nitrogens with one attached hydrogen (secondary N) is 1. The van der Waals surface area contributed by atoms with Gasteiger partial charge in [-0.15, -0.1) is 0 Å². The number of halogens is 2. The van der Waals surface area contributed by atoms with Crippen molar-refractivity contribution in [1.29, 1.82) is 0 Å². The number of hydrogen-bond acceptors (Lipinski definition) is 4. The maximum absolute atomic E-state index is 12.3. The van der Waals surface area contributed by atoms with Gasteiger partial charge in [-0.1, -0.05) is 12.1 Å². The number of anilines is 1. The minimum absolute atomic E-state index is 0.0946. The number of amides is 1. The van der Waals surface area contributed by atoms with Gasteiger partial charge in [-0.3, -0.25) is 9.59 Å². The molecular formula is C14H15F2NO4. The van der Waals surface area contributed by atoms with Crippen LogP contribution < -0.4 is 10.1 Å². The van der Waals surface area contributed by atoms with E-state index in [1.54, 1.807) is 6.07 Å². The van der Waals surface area contributed by atoms with Crippen LogP contribution in [0, 0.1) is 5.92 Å². The van der Waals surface area contributed by atoms with Crippen LogP contribution in [0.15, 0.2) is 24.3 Å². The standard InChI is InChI=1S/C14H15F2NO4/c1-8(20-13(19)9-6-7-9)12(18)17-10-4-2-3-5-11(10)21-14(15)16/h2-5,8-9,14H,6-7H2,1H3,(H,17,18). The summed E-state index contributed by atoms with van der Waals surface area (Å²) in [6.07, 6.45) is 0.550. The second-order valence-corrected chi connectivity index (χ2v) is 4.72. The molecule has 1 amide bonds. The molecule has 0 spiro atoms. The fraction of sp³-hybridized carbons (Fsp3) is 0.429. The Hall–Kier alpha value is -2.18. The van der Waals surface area contributed by atoms with Crippen LogP contribution >= 0.6 is 0 Å². The van der Waals surface area contributed by atoms with Crippen LogP contribution in [0.5, 0.6) is 5.75 Å². The van der Waals surface area contributed by atoms with Gasteiger partial charge in [0, 0.05) is 0 Å². The van der Waals surface area contributed by atoms with Crippen LogP contribution in [-0.2, 0) is 14.3 Å². The first kappa shape index (κ1) is 15.2. The van der Waals surface area contributed by atoms with Crippen molar-refractivity contribution in [3.05, 3.63) is 24.3 Å². The summed E-state index contributed by atoms with van der Waals surface area (Å²) in [5.41, 5.74) is 0.0946. The molecule has 114 valence electrons. The summed E-state index contributed by atoms with van der Waals surface area (Å²) in [5.74, 6) is -1.28. The van der Waals surface area contributed by atoms with Gasteiger partial charge in [-0.2, -0.15) is 8.78 Å². The number of esters is 1. The number of rotatable bonds is 6. The normalized spacial score (nSPS) is 15.4.